The molecule has 1 aromatic carbocycles. The number of hydrogen-bond donors (Lipinski definition) is 0. The second kappa shape index (κ2) is 5.26. The molecular formula is C13H10F3NO2. The summed E-state index contributed by atoms with van der Waals surface area (Å²) in [6.45, 7) is 0. The van der Waals surface area contributed by atoms with Gasteiger partial charge in [-0.25, -0.2) is 4.98 Å². The van der Waals surface area contributed by atoms with E-state index in [2.05, 4.69) is 4.98 Å². The second-order valence-corrected chi connectivity index (χ2v) is 3.98. The van der Waals surface area contributed by atoms with Gasteiger partial charge in [0.25, 0.3) is 0 Å². The largest absolute Gasteiger partial charge is 0.448 e. The molecule has 0 atom stereocenters. The van der Waals surface area contributed by atoms with Crippen molar-refractivity contribution in [1.82, 2.24) is 4.98 Å². The van der Waals surface area contributed by atoms with E-state index >= 15 is 0 Å². The van der Waals surface area contributed by atoms with E-state index in [0.29, 0.717) is 17.5 Å². The zero-order valence-electron chi connectivity index (χ0n) is 9.78. The average Bonchev–Trinajstić information content (AvgIpc) is 2.76. The highest BCUT2D eigenvalue weighted by Gasteiger charge is 2.30. The van der Waals surface area contributed by atoms with E-state index in [-0.39, 0.29) is 18.7 Å². The fourth-order valence-corrected chi connectivity index (χ4v) is 1.64. The summed E-state index contributed by atoms with van der Waals surface area (Å²) in [6, 6.07) is 4.98. The first-order valence-electron chi connectivity index (χ1n) is 5.52. The molecule has 3 nitrogen and oxygen atoms in total. The molecule has 0 saturated carbocycles. The molecule has 0 aliphatic carbocycles. The summed E-state index contributed by atoms with van der Waals surface area (Å²) < 4.78 is 42.7. The van der Waals surface area contributed by atoms with Crippen molar-refractivity contribution in [2.45, 2.75) is 19.0 Å². The van der Waals surface area contributed by atoms with Gasteiger partial charge in [-0.15, -0.1) is 0 Å². The summed E-state index contributed by atoms with van der Waals surface area (Å²) >= 11 is 0. The highest BCUT2D eigenvalue weighted by atomic mass is 19.4. The van der Waals surface area contributed by atoms with E-state index < -0.39 is 11.7 Å². The van der Waals surface area contributed by atoms with Crippen molar-refractivity contribution in [3.05, 3.63) is 53.2 Å². The van der Waals surface area contributed by atoms with E-state index in [9.17, 15) is 18.0 Å². The molecule has 19 heavy (non-hydrogen) atoms. The maximum absolute atomic E-state index is 12.5. The van der Waals surface area contributed by atoms with Crippen LogP contribution < -0.4 is 0 Å². The molecule has 2 rings (SSSR count). The number of benzene rings is 1. The van der Waals surface area contributed by atoms with Crippen LogP contribution in [0.15, 0.2) is 34.9 Å². The van der Waals surface area contributed by atoms with Gasteiger partial charge in [-0.05, 0) is 11.6 Å². The highest BCUT2D eigenvalue weighted by molar-refractivity contribution is 5.53. The van der Waals surface area contributed by atoms with Crippen molar-refractivity contribution in [1.29, 1.82) is 0 Å². The summed E-state index contributed by atoms with van der Waals surface area (Å²) in [5, 5.41) is 0. The first-order chi connectivity index (χ1) is 8.99. The monoisotopic (exact) mass is 269 g/mol. The standard InChI is InChI=1S/C13H10F3NO2/c14-13(15,16)10-3-1-2-9(6-10)7-12-17-11(4-5-18)8-19-12/h1-3,5-6,8H,4,7H2. The number of rotatable bonds is 4. The number of aldehydes is 1. The Balaban J connectivity index is 2.16. The topological polar surface area (TPSA) is 43.1 Å². The van der Waals surface area contributed by atoms with Crippen molar-refractivity contribution >= 4 is 6.29 Å². The third-order valence-electron chi connectivity index (χ3n) is 2.50. The minimum atomic E-state index is -4.37. The highest BCUT2D eigenvalue weighted by Crippen LogP contribution is 2.29. The van der Waals surface area contributed by atoms with Crippen LogP contribution in [0.4, 0.5) is 13.2 Å². The van der Waals surface area contributed by atoms with E-state index in [1.807, 2.05) is 0 Å². The Morgan fingerprint density at radius 1 is 1.32 bits per heavy atom. The van der Waals surface area contributed by atoms with Gasteiger partial charge in [0.2, 0.25) is 0 Å². The molecule has 100 valence electrons. The van der Waals surface area contributed by atoms with Crippen LogP contribution in [-0.2, 0) is 23.8 Å². The lowest BCUT2D eigenvalue weighted by atomic mass is 10.1. The zero-order valence-corrected chi connectivity index (χ0v) is 9.78. The normalized spacial score (nSPS) is 11.5. The lowest BCUT2D eigenvalue weighted by Gasteiger charge is -2.07. The van der Waals surface area contributed by atoms with Gasteiger partial charge in [0, 0.05) is 12.8 Å². The van der Waals surface area contributed by atoms with E-state index in [4.69, 9.17) is 4.42 Å². The minimum Gasteiger partial charge on any atom is -0.448 e. The summed E-state index contributed by atoms with van der Waals surface area (Å²) in [5.41, 5.74) is 0.218. The number of carbonyl (C=O) groups excluding carboxylic acids is 1. The maximum atomic E-state index is 12.5. The number of halogens is 3. The lowest BCUT2D eigenvalue weighted by Crippen LogP contribution is -2.05. The van der Waals surface area contributed by atoms with Gasteiger partial charge in [-0.1, -0.05) is 18.2 Å². The van der Waals surface area contributed by atoms with Gasteiger partial charge in [0.1, 0.15) is 12.5 Å². The van der Waals surface area contributed by atoms with E-state index in [0.717, 1.165) is 12.1 Å². The van der Waals surface area contributed by atoms with Gasteiger partial charge in [0.15, 0.2) is 5.89 Å². The molecule has 0 amide bonds. The summed E-state index contributed by atoms with van der Waals surface area (Å²) in [7, 11) is 0. The van der Waals surface area contributed by atoms with Crippen LogP contribution in [0.3, 0.4) is 0 Å². The van der Waals surface area contributed by atoms with Gasteiger partial charge in [-0.2, -0.15) is 13.2 Å². The molecule has 0 saturated heterocycles. The molecule has 1 aromatic heterocycles. The molecule has 0 fully saturated rings. The zero-order chi connectivity index (χ0) is 13.9. The summed E-state index contributed by atoms with van der Waals surface area (Å²) in [6.07, 6.45) is -2.06. The second-order valence-electron chi connectivity index (χ2n) is 3.98. The molecular weight excluding hydrogens is 259 g/mol. The number of alkyl halides is 3. The van der Waals surface area contributed by atoms with Crippen LogP contribution in [0.1, 0.15) is 22.7 Å². The molecule has 0 aliphatic rings. The molecule has 0 bridgehead atoms. The molecule has 0 radical (unpaired) electrons. The smallest absolute Gasteiger partial charge is 0.416 e. The minimum absolute atomic E-state index is 0.131. The quantitative estimate of drug-likeness (QED) is 0.801. The molecule has 0 N–H and O–H groups in total. The third kappa shape index (κ3) is 3.43. The van der Waals surface area contributed by atoms with Crippen molar-refractivity contribution < 1.29 is 22.4 Å². The Labute approximate surface area is 107 Å². The number of oxazole rings is 1. The van der Waals surface area contributed by atoms with Crippen molar-refractivity contribution in [2.24, 2.45) is 0 Å². The van der Waals surface area contributed by atoms with Crippen molar-refractivity contribution in [3.63, 3.8) is 0 Å². The van der Waals surface area contributed by atoms with Crippen molar-refractivity contribution in [2.75, 3.05) is 0 Å². The van der Waals surface area contributed by atoms with E-state index in [1.54, 1.807) is 6.07 Å². The molecule has 0 aliphatic heterocycles. The number of aromatic nitrogens is 1. The van der Waals surface area contributed by atoms with Gasteiger partial charge >= 0.3 is 6.18 Å². The van der Waals surface area contributed by atoms with Crippen LogP contribution in [0, 0.1) is 0 Å². The van der Waals surface area contributed by atoms with Crippen molar-refractivity contribution in [3.8, 4) is 0 Å². The predicted molar refractivity (Wildman–Crippen MR) is 60.5 cm³/mol. The fraction of sp³-hybridized carbons (Fsp3) is 0.231. The predicted octanol–water partition coefficient (Wildman–Crippen LogP) is 3.03. The average molecular weight is 269 g/mol. The van der Waals surface area contributed by atoms with Gasteiger partial charge in [-0.3, -0.25) is 0 Å². The molecule has 0 spiro atoms. The van der Waals surface area contributed by atoms with Crippen LogP contribution in [0.5, 0.6) is 0 Å². The van der Waals surface area contributed by atoms with Crippen LogP contribution in [-0.4, -0.2) is 11.3 Å². The summed E-state index contributed by atoms with van der Waals surface area (Å²) in [4.78, 5) is 14.3. The molecule has 1 heterocycles. The first-order valence-corrected chi connectivity index (χ1v) is 5.52. The van der Waals surface area contributed by atoms with Crippen LogP contribution in [0.25, 0.3) is 0 Å². The Hall–Kier alpha value is -2.11. The van der Waals surface area contributed by atoms with Gasteiger partial charge < -0.3 is 9.21 Å². The van der Waals surface area contributed by atoms with E-state index in [1.165, 1.54) is 12.3 Å². The number of carbonyl (C=O) groups is 1. The Kier molecular flexibility index (Phi) is 3.69. The SMILES string of the molecule is O=CCc1coc(Cc2cccc(C(F)(F)F)c2)n1. The third-order valence-corrected chi connectivity index (χ3v) is 2.50. The van der Waals surface area contributed by atoms with Gasteiger partial charge in [0.05, 0.1) is 11.3 Å². The van der Waals surface area contributed by atoms with Crippen LogP contribution in [0.2, 0.25) is 0 Å². The Bertz CT molecular complexity index is 575. The molecule has 0 unspecified atom stereocenters. The molecule has 6 heteroatoms. The maximum Gasteiger partial charge on any atom is 0.416 e. The fourth-order valence-electron chi connectivity index (χ4n) is 1.64. The first kappa shape index (κ1) is 13.3. The molecule has 2 aromatic rings. The van der Waals surface area contributed by atoms with Crippen LogP contribution >= 0.6 is 0 Å². The summed E-state index contributed by atoms with van der Waals surface area (Å²) in [5.74, 6) is 0.288. The Morgan fingerprint density at radius 3 is 2.79 bits per heavy atom. The number of nitrogens with zero attached hydrogens (tertiary/aromatic N) is 1. The lowest BCUT2D eigenvalue weighted by molar-refractivity contribution is -0.137. The number of hydrogen-bond acceptors (Lipinski definition) is 3. The Morgan fingerprint density at radius 2 is 2.11 bits per heavy atom.